The fourth-order valence-electron chi connectivity index (χ4n) is 2.06. The van der Waals surface area contributed by atoms with E-state index >= 15 is 0 Å². The molecule has 3 amide bonds. The van der Waals surface area contributed by atoms with Crippen LogP contribution in [0, 0.1) is 0 Å². The van der Waals surface area contributed by atoms with Gasteiger partial charge in [0, 0.05) is 0 Å². The first kappa shape index (κ1) is 15.3. The zero-order valence-electron chi connectivity index (χ0n) is 11.3. The maximum absolute atomic E-state index is 12.1. The van der Waals surface area contributed by atoms with Crippen LogP contribution in [0.5, 0.6) is 0 Å². The molecule has 0 aliphatic carbocycles. The van der Waals surface area contributed by atoms with E-state index in [0.29, 0.717) is 6.42 Å². The van der Waals surface area contributed by atoms with E-state index in [0.717, 1.165) is 5.56 Å². The van der Waals surface area contributed by atoms with Crippen LogP contribution in [0.25, 0.3) is 0 Å². The number of benzene rings is 1. The molecule has 1 fully saturated rings. The Morgan fingerprint density at radius 2 is 1.83 bits per heavy atom. The number of nitrogens with one attached hydrogen (secondary N) is 2. The van der Waals surface area contributed by atoms with Crippen molar-refractivity contribution in [3.63, 3.8) is 0 Å². The van der Waals surface area contributed by atoms with Crippen molar-refractivity contribution in [2.45, 2.75) is 18.8 Å². The van der Waals surface area contributed by atoms with Gasteiger partial charge in [-0.1, -0.05) is 49.5 Å². The first-order valence-corrected chi connectivity index (χ1v) is 5.74. The molecule has 0 unspecified atom stereocenters. The van der Waals surface area contributed by atoms with Crippen molar-refractivity contribution >= 4 is 29.1 Å². The van der Waals surface area contributed by atoms with Gasteiger partial charge in [0.25, 0.3) is 0 Å². The minimum absolute atomic E-state index is 0. The van der Waals surface area contributed by atoms with E-state index in [9.17, 15) is 9.59 Å². The molecule has 2 N–H and O–H groups in total. The molecule has 0 bridgehead atoms. The molecule has 2 rings (SSSR count). The Balaban J connectivity index is 0.00000162. The second-order valence-electron chi connectivity index (χ2n) is 3.86. The first-order chi connectivity index (χ1) is 8.11. The molecule has 0 radical (unpaired) electrons. The van der Waals surface area contributed by atoms with Crippen molar-refractivity contribution in [3.8, 4) is 0 Å². The Morgan fingerprint density at radius 3 is 2.33 bits per heavy atom. The topological polar surface area (TPSA) is 58.2 Å². The Kier molecular flexibility index (Phi) is 5.04. The van der Waals surface area contributed by atoms with Crippen molar-refractivity contribution in [1.29, 1.82) is 0 Å². The molecule has 1 atom stereocenters. The van der Waals surface area contributed by atoms with Crippen molar-refractivity contribution < 1.29 is 40.6 Å². The smallest absolute Gasteiger partial charge is 1.00 e. The maximum Gasteiger partial charge on any atom is 1.00 e. The SMILES string of the molecule is CC[C@@]1(c2ccccc2)C(=O)NC(=O)NC1=S.[H-].[Na+]. The van der Waals surface area contributed by atoms with Crippen LogP contribution in [0.3, 0.4) is 0 Å². The van der Waals surface area contributed by atoms with Gasteiger partial charge in [-0.25, -0.2) is 4.79 Å². The standard InChI is InChI=1S/C12H12N2O2S.Na.H/c1-2-12(8-6-4-3-5-7-8)9(15)13-11(16)14-10(12)17;;/h3-7H,2H2,1H3,(H2,13,14,15,16,17);;/q;+1;-1/t12-;;/m1../s1. The molecule has 1 aromatic rings. The normalized spacial score (nSPS) is 22.8. The molecule has 1 aliphatic rings. The van der Waals surface area contributed by atoms with Crippen LogP contribution < -0.4 is 40.2 Å². The quantitative estimate of drug-likeness (QED) is 0.515. The molecule has 0 saturated carbocycles. The van der Waals surface area contributed by atoms with Gasteiger partial charge in [0.1, 0.15) is 10.4 Å². The summed E-state index contributed by atoms with van der Waals surface area (Å²) < 4.78 is 0. The number of amides is 3. The van der Waals surface area contributed by atoms with Gasteiger partial charge in [-0.2, -0.15) is 0 Å². The second-order valence-corrected chi connectivity index (χ2v) is 4.27. The molecule has 4 nitrogen and oxygen atoms in total. The molecule has 1 aromatic carbocycles. The molecule has 1 saturated heterocycles. The zero-order chi connectivity index (χ0) is 12.5. The Hall–Kier alpha value is -0.750. The number of hydrogen-bond donors (Lipinski definition) is 2. The van der Waals surface area contributed by atoms with Crippen LogP contribution in [0.4, 0.5) is 4.79 Å². The number of hydrogen-bond acceptors (Lipinski definition) is 3. The third kappa shape index (κ3) is 2.36. The molecule has 18 heavy (non-hydrogen) atoms. The molecule has 1 heterocycles. The van der Waals surface area contributed by atoms with Crippen molar-refractivity contribution in [2.75, 3.05) is 0 Å². The monoisotopic (exact) mass is 272 g/mol. The van der Waals surface area contributed by atoms with Gasteiger partial charge in [0.15, 0.2) is 0 Å². The van der Waals surface area contributed by atoms with Gasteiger partial charge in [0.05, 0.1) is 0 Å². The molecule has 1 aliphatic heterocycles. The summed E-state index contributed by atoms with van der Waals surface area (Å²) in [7, 11) is 0. The van der Waals surface area contributed by atoms with Gasteiger partial charge in [-0.15, -0.1) is 0 Å². The Morgan fingerprint density at radius 1 is 1.22 bits per heavy atom. The summed E-state index contributed by atoms with van der Waals surface area (Å²) in [5.74, 6) is -0.361. The predicted octanol–water partition coefficient (Wildman–Crippen LogP) is -1.38. The Labute approximate surface area is 134 Å². The minimum atomic E-state index is -0.940. The van der Waals surface area contributed by atoms with E-state index in [1.165, 1.54) is 0 Å². The maximum atomic E-state index is 12.1. The summed E-state index contributed by atoms with van der Waals surface area (Å²) in [6.07, 6.45) is 0.502. The molecule has 6 heteroatoms. The van der Waals surface area contributed by atoms with E-state index in [2.05, 4.69) is 10.6 Å². The summed E-state index contributed by atoms with van der Waals surface area (Å²) in [6.45, 7) is 1.87. The van der Waals surface area contributed by atoms with Crippen LogP contribution >= 0.6 is 12.2 Å². The van der Waals surface area contributed by atoms with Crippen LogP contribution in [0.1, 0.15) is 20.3 Å². The summed E-state index contributed by atoms with van der Waals surface area (Å²) in [6, 6.07) is 8.69. The number of thiocarbonyl (C=S) groups is 1. The average molecular weight is 272 g/mol. The first-order valence-electron chi connectivity index (χ1n) is 5.33. The fraction of sp³-hybridized carbons (Fsp3) is 0.250. The number of imide groups is 1. The molecule has 90 valence electrons. The summed E-state index contributed by atoms with van der Waals surface area (Å²) in [5, 5.41) is 4.78. The van der Waals surface area contributed by atoms with E-state index in [1.807, 2.05) is 37.3 Å². The van der Waals surface area contributed by atoms with Crippen LogP contribution in [-0.2, 0) is 10.2 Å². The number of carbonyl (C=O) groups is 2. The minimum Gasteiger partial charge on any atom is -1.00 e. The van der Waals surface area contributed by atoms with Gasteiger partial charge < -0.3 is 6.74 Å². The number of urea groups is 1. The largest absolute Gasteiger partial charge is 1.00 e. The number of carbonyl (C=O) groups excluding carboxylic acids is 2. The van der Waals surface area contributed by atoms with E-state index in [4.69, 9.17) is 12.2 Å². The van der Waals surface area contributed by atoms with Crippen LogP contribution in [0.15, 0.2) is 30.3 Å². The third-order valence-electron chi connectivity index (χ3n) is 3.03. The predicted molar refractivity (Wildman–Crippen MR) is 68.8 cm³/mol. The van der Waals surface area contributed by atoms with Crippen molar-refractivity contribution in [2.24, 2.45) is 0 Å². The zero-order valence-corrected chi connectivity index (χ0v) is 13.1. The summed E-state index contributed by atoms with van der Waals surface area (Å²) >= 11 is 5.18. The van der Waals surface area contributed by atoms with E-state index in [1.54, 1.807) is 0 Å². The van der Waals surface area contributed by atoms with Gasteiger partial charge in [0.2, 0.25) is 5.91 Å². The van der Waals surface area contributed by atoms with E-state index < -0.39 is 11.4 Å². The van der Waals surface area contributed by atoms with Gasteiger partial charge >= 0.3 is 35.6 Å². The van der Waals surface area contributed by atoms with E-state index in [-0.39, 0.29) is 41.9 Å². The fourth-order valence-corrected chi connectivity index (χ4v) is 2.51. The second kappa shape index (κ2) is 5.93. The number of rotatable bonds is 2. The molecular formula is C12H13N2NaO2S. The Bertz CT molecular complexity index is 476. The van der Waals surface area contributed by atoms with Crippen LogP contribution in [0.2, 0.25) is 0 Å². The van der Waals surface area contributed by atoms with Crippen molar-refractivity contribution in [1.82, 2.24) is 10.6 Å². The van der Waals surface area contributed by atoms with Gasteiger partial charge in [-0.3, -0.25) is 10.1 Å². The molecule has 0 aromatic heterocycles. The summed E-state index contributed by atoms with van der Waals surface area (Å²) in [5.41, 5.74) is -0.144. The van der Waals surface area contributed by atoms with Crippen molar-refractivity contribution in [3.05, 3.63) is 35.9 Å². The third-order valence-corrected chi connectivity index (χ3v) is 3.48. The average Bonchev–Trinajstić information content (AvgIpc) is 2.30. The van der Waals surface area contributed by atoms with Crippen LogP contribution in [-0.4, -0.2) is 16.9 Å². The molecule has 0 spiro atoms. The molecular weight excluding hydrogens is 259 g/mol. The summed E-state index contributed by atoms with van der Waals surface area (Å²) in [4.78, 5) is 23.6. The van der Waals surface area contributed by atoms with Gasteiger partial charge in [-0.05, 0) is 12.0 Å².